The molecule has 2 aromatic heterocycles. The molecule has 0 saturated carbocycles. The van der Waals surface area contributed by atoms with Crippen molar-refractivity contribution >= 4 is 28.0 Å². The fourth-order valence-electron chi connectivity index (χ4n) is 3.77. The molecule has 0 aliphatic heterocycles. The molecule has 0 spiro atoms. The molecule has 0 saturated heterocycles. The van der Waals surface area contributed by atoms with Crippen LogP contribution in [-0.2, 0) is 14.8 Å². The van der Waals surface area contributed by atoms with Gasteiger partial charge in [0.2, 0.25) is 0 Å². The molecule has 4 rings (SSSR count). The highest BCUT2D eigenvalue weighted by Crippen LogP contribution is 2.23. The van der Waals surface area contributed by atoms with Gasteiger partial charge in [-0.05, 0) is 56.3 Å². The number of anilines is 1. The lowest BCUT2D eigenvalue weighted by Gasteiger charge is -2.22. The number of halogens is 1. The number of hydrogen-bond acceptors (Lipinski definition) is 5. The zero-order valence-electron chi connectivity index (χ0n) is 19.7. The van der Waals surface area contributed by atoms with Crippen LogP contribution in [0.1, 0.15) is 17.0 Å². The van der Waals surface area contributed by atoms with Crippen molar-refractivity contribution in [3.05, 3.63) is 108 Å². The molecule has 36 heavy (non-hydrogen) atoms. The summed E-state index contributed by atoms with van der Waals surface area (Å²) in [5.41, 5.74) is 4.99. The molecular formula is C26H24FN5O3S. The third-order valence-electron chi connectivity index (χ3n) is 5.48. The Morgan fingerprint density at radius 3 is 2.44 bits per heavy atom. The van der Waals surface area contributed by atoms with Crippen molar-refractivity contribution in [1.82, 2.24) is 15.0 Å². The van der Waals surface area contributed by atoms with Crippen LogP contribution in [-0.4, -0.2) is 36.6 Å². The summed E-state index contributed by atoms with van der Waals surface area (Å²) in [6.07, 6.45) is 2.89. The number of sulfonamides is 1. The number of aromatic nitrogens is 2. The van der Waals surface area contributed by atoms with Crippen molar-refractivity contribution in [2.45, 2.75) is 18.7 Å². The van der Waals surface area contributed by atoms with Gasteiger partial charge in [-0.1, -0.05) is 36.4 Å². The van der Waals surface area contributed by atoms with Crippen LogP contribution >= 0.6 is 0 Å². The summed E-state index contributed by atoms with van der Waals surface area (Å²) in [6, 6.07) is 20.9. The van der Waals surface area contributed by atoms with Crippen LogP contribution in [0.4, 0.5) is 10.2 Å². The summed E-state index contributed by atoms with van der Waals surface area (Å²) in [6.45, 7) is 3.13. The number of nitrogens with zero attached hydrogens (tertiary/aromatic N) is 4. The molecule has 0 atom stereocenters. The predicted molar refractivity (Wildman–Crippen MR) is 136 cm³/mol. The number of amides is 1. The van der Waals surface area contributed by atoms with Crippen molar-refractivity contribution < 1.29 is 17.6 Å². The third kappa shape index (κ3) is 5.18. The number of rotatable bonds is 8. The van der Waals surface area contributed by atoms with Gasteiger partial charge >= 0.3 is 0 Å². The van der Waals surface area contributed by atoms with Crippen molar-refractivity contribution in [3.8, 4) is 5.69 Å². The molecule has 0 bridgehead atoms. The van der Waals surface area contributed by atoms with Gasteiger partial charge in [0.05, 0.1) is 16.8 Å². The summed E-state index contributed by atoms with van der Waals surface area (Å²) in [5.74, 6) is -0.904. The van der Waals surface area contributed by atoms with Gasteiger partial charge in [0.25, 0.3) is 15.9 Å². The van der Waals surface area contributed by atoms with E-state index in [4.69, 9.17) is 0 Å². The molecule has 8 nitrogen and oxygen atoms in total. The molecule has 0 aliphatic rings. The minimum absolute atomic E-state index is 0.0348. The molecule has 4 aromatic rings. The number of hydrogen-bond donors (Lipinski definition) is 1. The van der Waals surface area contributed by atoms with Crippen molar-refractivity contribution in [2.24, 2.45) is 5.10 Å². The molecule has 2 heterocycles. The highest BCUT2D eigenvalue weighted by Gasteiger charge is 2.27. The highest BCUT2D eigenvalue weighted by atomic mass is 32.2. The first kappa shape index (κ1) is 24.8. The van der Waals surface area contributed by atoms with Gasteiger partial charge in [0, 0.05) is 23.1 Å². The van der Waals surface area contributed by atoms with Gasteiger partial charge in [-0.15, -0.1) is 0 Å². The van der Waals surface area contributed by atoms with Crippen LogP contribution in [0.2, 0.25) is 0 Å². The number of hydrazone groups is 1. The fraction of sp³-hybridized carbons (Fsp3) is 0.115. The normalized spacial score (nSPS) is 11.5. The Kier molecular flexibility index (Phi) is 7.25. The molecule has 0 radical (unpaired) electrons. The first-order chi connectivity index (χ1) is 17.3. The van der Waals surface area contributed by atoms with Gasteiger partial charge < -0.3 is 4.57 Å². The smallest absolute Gasteiger partial charge is 0.265 e. The van der Waals surface area contributed by atoms with Crippen molar-refractivity contribution in [1.29, 1.82) is 0 Å². The highest BCUT2D eigenvalue weighted by molar-refractivity contribution is 7.92. The number of benzene rings is 2. The molecule has 184 valence electrons. The van der Waals surface area contributed by atoms with Crippen molar-refractivity contribution in [2.75, 3.05) is 10.8 Å². The second-order valence-electron chi connectivity index (χ2n) is 7.92. The summed E-state index contributed by atoms with van der Waals surface area (Å²) < 4.78 is 43.5. The number of carbonyl (C=O) groups excluding carboxylic acids is 1. The van der Waals surface area contributed by atoms with E-state index in [1.165, 1.54) is 36.7 Å². The van der Waals surface area contributed by atoms with Crippen LogP contribution in [0.3, 0.4) is 0 Å². The van der Waals surface area contributed by atoms with Gasteiger partial charge in [-0.25, -0.2) is 27.5 Å². The van der Waals surface area contributed by atoms with Gasteiger partial charge in [0.15, 0.2) is 0 Å². The average molecular weight is 506 g/mol. The molecular weight excluding hydrogens is 481 g/mol. The monoisotopic (exact) mass is 505 g/mol. The first-order valence-corrected chi connectivity index (χ1v) is 12.5. The quantitative estimate of drug-likeness (QED) is 0.289. The van der Waals surface area contributed by atoms with E-state index in [2.05, 4.69) is 15.5 Å². The zero-order valence-corrected chi connectivity index (χ0v) is 20.5. The van der Waals surface area contributed by atoms with E-state index in [0.29, 0.717) is 11.3 Å². The molecule has 10 heteroatoms. The maximum absolute atomic E-state index is 14.3. The molecule has 0 fully saturated rings. The fourth-order valence-corrected chi connectivity index (χ4v) is 5.17. The van der Waals surface area contributed by atoms with E-state index in [1.807, 2.05) is 19.9 Å². The van der Waals surface area contributed by atoms with Crippen LogP contribution < -0.4 is 9.73 Å². The Hall–Kier alpha value is -4.31. The largest absolute Gasteiger partial charge is 0.315 e. The number of carbonyl (C=O) groups is 1. The number of aryl methyl sites for hydroxylation is 1. The number of para-hydroxylation sites is 1. The SMILES string of the molecule is Cc1cc(/C=N\NC(=O)CN(c2ccccn2)S(=O)(=O)c2ccccc2)c(C)n1-c1ccccc1F. The number of pyridine rings is 1. The Balaban J connectivity index is 1.54. The summed E-state index contributed by atoms with van der Waals surface area (Å²) >= 11 is 0. The van der Waals surface area contributed by atoms with Gasteiger partial charge in [0.1, 0.15) is 18.2 Å². The van der Waals surface area contributed by atoms with Crippen LogP contribution in [0.15, 0.2) is 95.1 Å². The van der Waals surface area contributed by atoms with E-state index in [1.54, 1.807) is 53.1 Å². The van der Waals surface area contributed by atoms with E-state index < -0.39 is 22.5 Å². The van der Waals surface area contributed by atoms with E-state index >= 15 is 0 Å². The topological polar surface area (TPSA) is 96.7 Å². The van der Waals surface area contributed by atoms with Gasteiger partial charge in [-0.3, -0.25) is 4.79 Å². The first-order valence-electron chi connectivity index (χ1n) is 11.0. The van der Waals surface area contributed by atoms with E-state index in [-0.39, 0.29) is 16.5 Å². The van der Waals surface area contributed by atoms with Crippen molar-refractivity contribution in [3.63, 3.8) is 0 Å². The second kappa shape index (κ2) is 10.5. The molecule has 0 unspecified atom stereocenters. The summed E-state index contributed by atoms with van der Waals surface area (Å²) in [7, 11) is -4.05. The zero-order chi connectivity index (χ0) is 25.7. The average Bonchev–Trinajstić information content (AvgIpc) is 3.16. The number of nitrogens with one attached hydrogen (secondary N) is 1. The van der Waals surface area contributed by atoms with E-state index in [9.17, 15) is 17.6 Å². The lowest BCUT2D eigenvalue weighted by molar-refractivity contribution is -0.119. The lowest BCUT2D eigenvalue weighted by Crippen LogP contribution is -2.40. The maximum atomic E-state index is 14.3. The van der Waals surface area contributed by atoms with E-state index in [0.717, 1.165) is 15.7 Å². The Labute approximate surface area is 208 Å². The molecule has 2 aromatic carbocycles. The molecule has 1 N–H and O–H groups in total. The minimum atomic E-state index is -4.05. The van der Waals surface area contributed by atoms with Gasteiger partial charge in [-0.2, -0.15) is 5.10 Å². The Morgan fingerprint density at radius 1 is 1.06 bits per heavy atom. The maximum Gasteiger partial charge on any atom is 0.265 e. The standard InChI is InChI=1S/C26H24FN5O3S/c1-19-16-21(20(2)32(19)24-13-7-6-12-23(24)27)17-29-30-26(33)18-31(25-14-8-9-15-28-25)36(34,35)22-10-4-3-5-11-22/h3-17H,18H2,1-2H3,(H,30,33)/b29-17-. The Bertz CT molecular complexity index is 1500. The van der Waals surface area contributed by atoms with Crippen LogP contribution in [0.5, 0.6) is 0 Å². The predicted octanol–water partition coefficient (Wildman–Crippen LogP) is 3.97. The molecule has 1 amide bonds. The Morgan fingerprint density at radius 2 is 1.75 bits per heavy atom. The third-order valence-corrected chi connectivity index (χ3v) is 7.24. The summed E-state index contributed by atoms with van der Waals surface area (Å²) in [4.78, 5) is 16.8. The summed E-state index contributed by atoms with van der Waals surface area (Å²) in [5, 5.41) is 4.00. The lowest BCUT2D eigenvalue weighted by atomic mass is 10.2. The van der Waals surface area contributed by atoms with Crippen LogP contribution in [0, 0.1) is 19.7 Å². The molecule has 0 aliphatic carbocycles. The second-order valence-corrected chi connectivity index (χ2v) is 9.78. The minimum Gasteiger partial charge on any atom is -0.315 e. The van der Waals surface area contributed by atoms with Crippen LogP contribution in [0.25, 0.3) is 5.69 Å².